The maximum atomic E-state index is 13.4. The molecule has 2 aromatic carbocycles. The number of pyridine rings is 1. The van der Waals surface area contributed by atoms with Gasteiger partial charge >= 0.3 is 0 Å². The summed E-state index contributed by atoms with van der Waals surface area (Å²) < 4.78 is 2.74. The van der Waals surface area contributed by atoms with Crippen molar-refractivity contribution in [3.8, 4) is 0 Å². The van der Waals surface area contributed by atoms with E-state index in [4.69, 9.17) is 0 Å². The summed E-state index contributed by atoms with van der Waals surface area (Å²) in [6.45, 7) is 0.274. The molecule has 0 saturated heterocycles. The molecule has 26 heavy (non-hydrogen) atoms. The minimum Gasteiger partial charge on any atom is -1.00 e. The average molecular weight is 520 g/mol. The molecule has 4 rings (SSSR count). The Morgan fingerprint density at radius 1 is 0.808 bits per heavy atom. The lowest BCUT2D eigenvalue weighted by atomic mass is 9.75. The van der Waals surface area contributed by atoms with Gasteiger partial charge in [0, 0.05) is 27.7 Å². The Morgan fingerprint density at radius 3 is 2.00 bits per heavy atom. The van der Waals surface area contributed by atoms with Gasteiger partial charge in [-0.05, 0) is 17.7 Å². The summed E-state index contributed by atoms with van der Waals surface area (Å²) in [4.78, 5) is 26.8. The molecule has 3 aromatic rings. The third-order valence-corrected chi connectivity index (χ3v) is 5.20. The van der Waals surface area contributed by atoms with Crippen molar-refractivity contribution in [3.63, 3.8) is 0 Å². The molecule has 0 aliphatic heterocycles. The predicted molar refractivity (Wildman–Crippen MR) is 97.6 cm³/mol. The number of halogens is 2. The zero-order chi connectivity index (χ0) is 17.4. The predicted octanol–water partition coefficient (Wildman–Crippen LogP) is 0.758. The van der Waals surface area contributed by atoms with Crippen LogP contribution in [0.2, 0.25) is 0 Å². The molecule has 0 radical (unpaired) electrons. The van der Waals surface area contributed by atoms with E-state index in [1.165, 1.54) is 0 Å². The summed E-state index contributed by atoms with van der Waals surface area (Å²) in [6, 6.07) is 20.3. The van der Waals surface area contributed by atoms with Gasteiger partial charge in [0.05, 0.1) is 0 Å². The lowest BCUT2D eigenvalue weighted by molar-refractivity contribution is -0.700. The number of aromatic nitrogens is 1. The highest BCUT2D eigenvalue weighted by Gasteiger charge is 2.57. The molecule has 0 spiro atoms. The Kier molecular flexibility index (Phi) is 5.39. The van der Waals surface area contributed by atoms with Gasteiger partial charge in [-0.1, -0.05) is 58.4 Å². The van der Waals surface area contributed by atoms with E-state index >= 15 is 0 Å². The molecule has 0 bridgehead atoms. The summed E-state index contributed by atoms with van der Waals surface area (Å²) >= 11 is 3.46. The molecule has 0 amide bonds. The monoisotopic (exact) mass is 519 g/mol. The van der Waals surface area contributed by atoms with Crippen LogP contribution in [0.5, 0.6) is 0 Å². The normalized spacial score (nSPS) is 14.7. The van der Waals surface area contributed by atoms with Crippen molar-refractivity contribution in [2.45, 2.75) is 12.0 Å². The molecule has 1 aliphatic rings. The Bertz CT molecular complexity index is 953. The van der Waals surface area contributed by atoms with Gasteiger partial charge in [-0.15, -0.1) is 0 Å². The van der Waals surface area contributed by atoms with Gasteiger partial charge in [0.25, 0.3) is 0 Å². The second-order valence-corrected chi connectivity index (χ2v) is 7.08. The van der Waals surface area contributed by atoms with Crippen molar-refractivity contribution in [1.82, 2.24) is 0 Å². The number of fused-ring (bicyclic) bond motifs is 1. The first-order valence-electron chi connectivity index (χ1n) is 8.02. The molecule has 0 unspecified atom stereocenters. The Balaban J connectivity index is 0.00000196. The van der Waals surface area contributed by atoms with Gasteiger partial charge in [0.1, 0.15) is 0 Å². The maximum Gasteiger partial charge on any atom is 0.188 e. The molecular weight excluding hydrogens is 505 g/mol. The van der Waals surface area contributed by atoms with Crippen molar-refractivity contribution in [3.05, 3.63) is 100 Å². The van der Waals surface area contributed by atoms with Gasteiger partial charge in [-0.3, -0.25) is 9.59 Å². The van der Waals surface area contributed by atoms with Crippen LogP contribution in [-0.4, -0.2) is 11.6 Å². The van der Waals surface area contributed by atoms with E-state index < -0.39 is 5.41 Å². The zero-order valence-corrected chi connectivity index (χ0v) is 17.5. The van der Waals surface area contributed by atoms with Crippen molar-refractivity contribution >= 4 is 27.5 Å². The van der Waals surface area contributed by atoms with E-state index in [-0.39, 0.29) is 42.1 Å². The highest BCUT2D eigenvalue weighted by atomic mass is 127. The summed E-state index contributed by atoms with van der Waals surface area (Å²) in [5.74, 6) is -0.273. The van der Waals surface area contributed by atoms with Crippen LogP contribution >= 0.6 is 15.9 Å². The fourth-order valence-corrected chi connectivity index (χ4v) is 3.91. The molecule has 3 nitrogen and oxygen atoms in total. The fourth-order valence-electron chi connectivity index (χ4n) is 3.51. The van der Waals surface area contributed by atoms with Crippen molar-refractivity contribution in [2.75, 3.05) is 0 Å². The number of ketones is 2. The summed E-state index contributed by atoms with van der Waals surface area (Å²) in [5, 5.41) is 0. The second-order valence-electron chi connectivity index (χ2n) is 6.17. The topological polar surface area (TPSA) is 38.0 Å². The quantitative estimate of drug-likeness (QED) is 0.291. The molecule has 0 N–H and O–H groups in total. The number of benzene rings is 2. The third kappa shape index (κ3) is 2.93. The lowest BCUT2D eigenvalue weighted by Crippen LogP contribution is -3.00. The van der Waals surface area contributed by atoms with Crippen LogP contribution in [0.15, 0.2) is 83.6 Å². The molecular formula is C21H15BrINO2. The van der Waals surface area contributed by atoms with Gasteiger partial charge < -0.3 is 24.0 Å². The molecule has 1 heterocycles. The minimum absolute atomic E-state index is 0. The highest BCUT2D eigenvalue weighted by molar-refractivity contribution is 9.10. The van der Waals surface area contributed by atoms with E-state index in [1.54, 1.807) is 24.3 Å². The Hall–Kier alpha value is -1.86. The van der Waals surface area contributed by atoms with Crippen LogP contribution < -0.4 is 28.5 Å². The number of carbonyl (C=O) groups is 2. The highest BCUT2D eigenvalue weighted by Crippen LogP contribution is 2.40. The average Bonchev–Trinajstić information content (AvgIpc) is 2.86. The number of nitrogens with zero attached hydrogens (tertiary/aromatic N) is 1. The van der Waals surface area contributed by atoms with E-state index in [9.17, 15) is 9.59 Å². The minimum atomic E-state index is -1.24. The van der Waals surface area contributed by atoms with Crippen molar-refractivity contribution in [2.24, 2.45) is 0 Å². The van der Waals surface area contributed by atoms with E-state index in [0.29, 0.717) is 16.7 Å². The van der Waals surface area contributed by atoms with Gasteiger partial charge in [-0.2, -0.15) is 0 Å². The van der Waals surface area contributed by atoms with Crippen LogP contribution in [0.3, 0.4) is 0 Å². The first-order valence-corrected chi connectivity index (χ1v) is 8.81. The van der Waals surface area contributed by atoms with Crippen LogP contribution in [0.1, 0.15) is 26.3 Å². The number of carbonyl (C=O) groups excluding carboxylic acids is 2. The largest absolute Gasteiger partial charge is 1.00 e. The van der Waals surface area contributed by atoms with Crippen LogP contribution in [0.4, 0.5) is 0 Å². The lowest BCUT2D eigenvalue weighted by Gasteiger charge is -2.23. The number of rotatable bonds is 3. The second kappa shape index (κ2) is 7.40. The number of hydrogen-bond donors (Lipinski definition) is 0. The van der Waals surface area contributed by atoms with Crippen LogP contribution in [-0.2, 0) is 12.0 Å². The van der Waals surface area contributed by atoms with E-state index in [1.807, 2.05) is 59.4 Å². The first-order chi connectivity index (χ1) is 12.1. The third-order valence-electron chi connectivity index (χ3n) is 4.71. The maximum absolute atomic E-state index is 13.4. The SMILES string of the molecule is O=C1c2ccccc2C(=O)C1(C[n+]1ccccc1)c1cccc(Br)c1.[I-]. The summed E-state index contributed by atoms with van der Waals surface area (Å²) in [7, 11) is 0. The number of Topliss-reactive ketones (excluding diaryl/α,β-unsaturated/α-hetero) is 2. The van der Waals surface area contributed by atoms with Crippen LogP contribution in [0.25, 0.3) is 0 Å². The first kappa shape index (κ1) is 18.9. The van der Waals surface area contributed by atoms with Gasteiger partial charge in [0.2, 0.25) is 0 Å². The zero-order valence-electron chi connectivity index (χ0n) is 13.7. The summed E-state index contributed by atoms with van der Waals surface area (Å²) in [6.07, 6.45) is 3.76. The van der Waals surface area contributed by atoms with Crippen molar-refractivity contribution < 1.29 is 38.1 Å². The van der Waals surface area contributed by atoms with Gasteiger partial charge in [0.15, 0.2) is 35.9 Å². The molecule has 1 aliphatic carbocycles. The molecule has 0 atom stereocenters. The van der Waals surface area contributed by atoms with Gasteiger partial charge in [-0.25, -0.2) is 4.57 Å². The molecule has 1 aromatic heterocycles. The van der Waals surface area contributed by atoms with Crippen LogP contribution in [0, 0.1) is 0 Å². The molecule has 0 fully saturated rings. The number of hydrogen-bond acceptors (Lipinski definition) is 2. The van der Waals surface area contributed by atoms with E-state index in [2.05, 4.69) is 15.9 Å². The smallest absolute Gasteiger partial charge is 0.188 e. The van der Waals surface area contributed by atoms with Crippen molar-refractivity contribution in [1.29, 1.82) is 0 Å². The Labute approximate surface area is 177 Å². The fraction of sp³-hybridized carbons (Fsp3) is 0.0952. The summed E-state index contributed by atoms with van der Waals surface area (Å²) in [5.41, 5.74) is 0.483. The molecule has 130 valence electrons. The molecule has 5 heteroatoms. The molecule has 0 saturated carbocycles. The standard InChI is InChI=1S/C21H15BrNO2.HI/c22-16-8-6-7-15(13-16)21(14-23-11-4-1-5-12-23)19(24)17-9-2-3-10-18(17)20(21)25;/h1-13H,14H2;1H/q+1;/p-1. The Morgan fingerprint density at radius 2 is 1.42 bits per heavy atom. The van der Waals surface area contributed by atoms with E-state index in [0.717, 1.165) is 4.47 Å².